The molecule has 2 heterocycles. The second-order valence-corrected chi connectivity index (χ2v) is 4.11. The van der Waals surface area contributed by atoms with Crippen LogP contribution in [0.3, 0.4) is 0 Å². The molecule has 0 saturated carbocycles. The van der Waals surface area contributed by atoms with E-state index in [1.54, 1.807) is 0 Å². The Balaban J connectivity index is 2.02. The fourth-order valence-corrected chi connectivity index (χ4v) is 2.25. The van der Waals surface area contributed by atoms with Gasteiger partial charge in [0.25, 0.3) is 0 Å². The van der Waals surface area contributed by atoms with Crippen molar-refractivity contribution in [3.8, 4) is 0 Å². The summed E-state index contributed by atoms with van der Waals surface area (Å²) in [5, 5.41) is 8.03. The first-order valence-corrected chi connectivity index (χ1v) is 5.63. The molecular weight excluding hydrogens is 186 g/mol. The van der Waals surface area contributed by atoms with Crippen LogP contribution in [0.15, 0.2) is 30.5 Å². The largest absolute Gasteiger partial charge is 0.296 e. The molecule has 1 aliphatic heterocycles. The van der Waals surface area contributed by atoms with Gasteiger partial charge in [0.2, 0.25) is 0 Å². The van der Waals surface area contributed by atoms with Gasteiger partial charge in [-0.3, -0.25) is 5.01 Å². The first-order valence-electron chi connectivity index (χ1n) is 5.63. The number of benzene rings is 1. The number of hydrogen-bond donors (Lipinski definition) is 0. The van der Waals surface area contributed by atoms with Crippen LogP contribution in [0.5, 0.6) is 0 Å². The zero-order valence-corrected chi connectivity index (χ0v) is 8.76. The van der Waals surface area contributed by atoms with E-state index in [0.29, 0.717) is 0 Å². The smallest absolute Gasteiger partial charge is 0.0920 e. The Hall–Kier alpha value is -1.51. The monoisotopic (exact) mass is 201 g/mol. The quantitative estimate of drug-likeness (QED) is 0.705. The van der Waals surface area contributed by atoms with E-state index in [2.05, 4.69) is 39.2 Å². The molecule has 3 heteroatoms. The van der Waals surface area contributed by atoms with Crippen molar-refractivity contribution in [3.05, 3.63) is 30.5 Å². The van der Waals surface area contributed by atoms with Crippen molar-refractivity contribution in [1.82, 2.24) is 9.89 Å². The van der Waals surface area contributed by atoms with E-state index in [1.165, 1.54) is 30.2 Å². The SMILES string of the molecule is c1ccc2c(c1)cnn2N1CCCCC1. The predicted octanol–water partition coefficient (Wildman–Crippen LogP) is 2.16. The Bertz CT molecular complexity index is 455. The minimum absolute atomic E-state index is 1.13. The molecule has 15 heavy (non-hydrogen) atoms. The molecule has 3 nitrogen and oxygen atoms in total. The Morgan fingerprint density at radius 2 is 1.80 bits per heavy atom. The second kappa shape index (κ2) is 3.57. The van der Waals surface area contributed by atoms with Gasteiger partial charge in [0, 0.05) is 18.5 Å². The van der Waals surface area contributed by atoms with E-state index in [1.807, 2.05) is 6.20 Å². The van der Waals surface area contributed by atoms with Crippen LogP contribution in [0, 0.1) is 0 Å². The highest BCUT2D eigenvalue weighted by atomic mass is 15.7. The van der Waals surface area contributed by atoms with Crippen LogP contribution in [-0.4, -0.2) is 23.0 Å². The molecule has 0 bridgehead atoms. The number of hydrogen-bond acceptors (Lipinski definition) is 2. The lowest BCUT2D eigenvalue weighted by Crippen LogP contribution is -2.39. The highest BCUT2D eigenvalue weighted by Crippen LogP contribution is 2.15. The maximum atomic E-state index is 4.46. The standard InChI is InChI=1S/C12H15N3/c1-4-8-14(9-5-1)15-12-7-3-2-6-11(12)10-13-15/h2-3,6-7,10H,1,4-5,8-9H2. The summed E-state index contributed by atoms with van der Waals surface area (Å²) in [6.45, 7) is 2.26. The molecule has 3 rings (SSSR count). The van der Waals surface area contributed by atoms with Gasteiger partial charge in [-0.05, 0) is 25.3 Å². The minimum atomic E-state index is 1.13. The highest BCUT2D eigenvalue weighted by Gasteiger charge is 2.12. The molecule has 78 valence electrons. The molecule has 0 atom stereocenters. The second-order valence-electron chi connectivity index (χ2n) is 4.11. The summed E-state index contributed by atoms with van der Waals surface area (Å²) in [6.07, 6.45) is 5.88. The van der Waals surface area contributed by atoms with Crippen molar-refractivity contribution in [1.29, 1.82) is 0 Å². The molecule has 2 aromatic rings. The van der Waals surface area contributed by atoms with E-state index in [0.717, 1.165) is 13.1 Å². The first-order chi connectivity index (χ1) is 7.45. The topological polar surface area (TPSA) is 21.1 Å². The van der Waals surface area contributed by atoms with Gasteiger partial charge in [0.1, 0.15) is 0 Å². The molecular formula is C12H15N3. The molecule has 0 aliphatic carbocycles. The van der Waals surface area contributed by atoms with Gasteiger partial charge in [-0.25, -0.2) is 0 Å². The minimum Gasteiger partial charge on any atom is -0.296 e. The number of rotatable bonds is 1. The van der Waals surface area contributed by atoms with Crippen LogP contribution in [0.25, 0.3) is 10.9 Å². The van der Waals surface area contributed by atoms with Crippen molar-refractivity contribution in [3.63, 3.8) is 0 Å². The van der Waals surface area contributed by atoms with Gasteiger partial charge < -0.3 is 0 Å². The van der Waals surface area contributed by atoms with Gasteiger partial charge in [0.05, 0.1) is 11.7 Å². The van der Waals surface area contributed by atoms with Gasteiger partial charge in [-0.1, -0.05) is 18.2 Å². The average Bonchev–Trinajstić information content (AvgIpc) is 2.74. The highest BCUT2D eigenvalue weighted by molar-refractivity contribution is 5.78. The summed E-state index contributed by atoms with van der Waals surface area (Å²) in [4.78, 5) is 2.06. The summed E-state index contributed by atoms with van der Waals surface area (Å²) >= 11 is 0. The molecule has 0 N–H and O–H groups in total. The molecule has 1 saturated heterocycles. The fourth-order valence-electron chi connectivity index (χ4n) is 2.25. The third-order valence-corrected chi connectivity index (χ3v) is 3.06. The van der Waals surface area contributed by atoms with Crippen LogP contribution >= 0.6 is 0 Å². The van der Waals surface area contributed by atoms with Gasteiger partial charge in [-0.15, -0.1) is 0 Å². The Morgan fingerprint density at radius 1 is 1.00 bits per heavy atom. The van der Waals surface area contributed by atoms with Crippen LogP contribution in [0.2, 0.25) is 0 Å². The summed E-state index contributed by atoms with van der Waals surface area (Å²) < 4.78 is 0. The van der Waals surface area contributed by atoms with E-state index < -0.39 is 0 Å². The van der Waals surface area contributed by atoms with E-state index in [9.17, 15) is 0 Å². The fraction of sp³-hybridized carbons (Fsp3) is 0.417. The lowest BCUT2D eigenvalue weighted by molar-refractivity contribution is 0.458. The van der Waals surface area contributed by atoms with E-state index >= 15 is 0 Å². The molecule has 0 unspecified atom stereocenters. The Kier molecular flexibility index (Phi) is 2.09. The molecule has 1 aliphatic rings. The Morgan fingerprint density at radius 3 is 2.67 bits per heavy atom. The first kappa shape index (κ1) is 8.77. The zero-order valence-electron chi connectivity index (χ0n) is 8.76. The normalized spacial score (nSPS) is 17.2. The summed E-state index contributed by atoms with van der Waals surface area (Å²) in [6, 6.07) is 8.38. The van der Waals surface area contributed by atoms with Crippen molar-refractivity contribution < 1.29 is 0 Å². The maximum Gasteiger partial charge on any atom is 0.0920 e. The van der Waals surface area contributed by atoms with E-state index in [-0.39, 0.29) is 0 Å². The molecule has 1 aromatic heterocycles. The number of para-hydroxylation sites is 1. The van der Waals surface area contributed by atoms with Gasteiger partial charge >= 0.3 is 0 Å². The van der Waals surface area contributed by atoms with Crippen molar-refractivity contribution in [2.45, 2.75) is 19.3 Å². The molecule has 1 aromatic carbocycles. The van der Waals surface area contributed by atoms with Gasteiger partial charge in [0.15, 0.2) is 0 Å². The van der Waals surface area contributed by atoms with Crippen molar-refractivity contribution in [2.24, 2.45) is 0 Å². The summed E-state index contributed by atoms with van der Waals surface area (Å²) in [5.41, 5.74) is 1.22. The van der Waals surface area contributed by atoms with Crippen molar-refractivity contribution in [2.75, 3.05) is 18.1 Å². The van der Waals surface area contributed by atoms with Gasteiger partial charge in [-0.2, -0.15) is 9.89 Å². The van der Waals surface area contributed by atoms with Crippen LogP contribution < -0.4 is 5.01 Å². The summed E-state index contributed by atoms with van der Waals surface area (Å²) in [5.74, 6) is 0. The molecule has 0 amide bonds. The summed E-state index contributed by atoms with van der Waals surface area (Å²) in [7, 11) is 0. The number of nitrogens with zero attached hydrogens (tertiary/aromatic N) is 3. The number of piperidine rings is 1. The molecule has 0 radical (unpaired) electrons. The zero-order chi connectivity index (χ0) is 10.1. The average molecular weight is 201 g/mol. The third kappa shape index (κ3) is 1.48. The third-order valence-electron chi connectivity index (χ3n) is 3.06. The van der Waals surface area contributed by atoms with Crippen LogP contribution in [-0.2, 0) is 0 Å². The van der Waals surface area contributed by atoms with Crippen LogP contribution in [0.1, 0.15) is 19.3 Å². The molecule has 0 spiro atoms. The van der Waals surface area contributed by atoms with Crippen LogP contribution in [0.4, 0.5) is 0 Å². The Labute approximate surface area is 89.3 Å². The number of aromatic nitrogens is 2. The molecule has 1 fully saturated rings. The predicted molar refractivity (Wildman–Crippen MR) is 61.5 cm³/mol. The number of fused-ring (bicyclic) bond motifs is 1. The van der Waals surface area contributed by atoms with Crippen molar-refractivity contribution >= 4 is 10.9 Å². The lowest BCUT2D eigenvalue weighted by atomic mass is 10.2. The maximum absolute atomic E-state index is 4.46. The lowest BCUT2D eigenvalue weighted by Gasteiger charge is -2.28. The van der Waals surface area contributed by atoms with E-state index in [4.69, 9.17) is 0 Å².